The van der Waals surface area contributed by atoms with Crippen LogP contribution in [0.3, 0.4) is 0 Å². The monoisotopic (exact) mass is 566 g/mol. The lowest BCUT2D eigenvalue weighted by atomic mass is 9.43. The van der Waals surface area contributed by atoms with Crippen molar-refractivity contribution in [1.82, 2.24) is 0 Å². The van der Waals surface area contributed by atoms with Gasteiger partial charge < -0.3 is 44.5 Å². The highest BCUT2D eigenvalue weighted by Gasteiger charge is 2.68. The number of aliphatic hydroxyl groups excluding tert-OH is 4. The molecule has 10 heteroatoms. The minimum absolute atomic E-state index is 0.0718. The van der Waals surface area contributed by atoms with E-state index in [1.807, 2.05) is 0 Å². The Morgan fingerprint density at radius 1 is 1.02 bits per heavy atom. The molecule has 2 aliphatic heterocycles. The van der Waals surface area contributed by atoms with Crippen molar-refractivity contribution >= 4 is 5.97 Å². The number of rotatable bonds is 6. The highest BCUT2D eigenvalue weighted by atomic mass is 16.7. The number of carbonyl (C=O) groups excluding carboxylic acids is 1. The number of fused-ring (bicyclic) bond motifs is 5. The Labute approximate surface area is 235 Å². The van der Waals surface area contributed by atoms with Gasteiger partial charge in [-0.2, -0.15) is 0 Å². The summed E-state index contributed by atoms with van der Waals surface area (Å²) in [5.41, 5.74) is -0.445. The maximum absolute atomic E-state index is 12.4. The van der Waals surface area contributed by atoms with E-state index in [1.165, 1.54) is 7.11 Å². The number of hydrogen-bond acceptors (Lipinski definition) is 10. The third-order valence-corrected chi connectivity index (χ3v) is 12.3. The Hall–Kier alpha value is -1.11. The average Bonchev–Trinajstić information content (AvgIpc) is 3.49. The second kappa shape index (κ2) is 10.6. The van der Waals surface area contributed by atoms with E-state index in [1.54, 1.807) is 6.08 Å². The molecule has 40 heavy (non-hydrogen) atoms. The van der Waals surface area contributed by atoms with Crippen LogP contribution in [0.2, 0.25) is 0 Å². The van der Waals surface area contributed by atoms with Gasteiger partial charge in [-0.15, -0.1) is 0 Å². The highest BCUT2D eigenvalue weighted by Crippen LogP contribution is 2.70. The molecule has 0 aromatic carbocycles. The van der Waals surface area contributed by atoms with Gasteiger partial charge in [0, 0.05) is 25.2 Å². The maximum atomic E-state index is 12.4. The lowest BCUT2D eigenvalue weighted by Crippen LogP contribution is -2.64. The van der Waals surface area contributed by atoms with Crippen LogP contribution >= 0.6 is 0 Å². The number of carbonyl (C=O) groups is 1. The molecule has 4 saturated carbocycles. The number of cyclic esters (lactones) is 1. The Morgan fingerprint density at radius 2 is 1.82 bits per heavy atom. The van der Waals surface area contributed by atoms with Crippen molar-refractivity contribution in [2.75, 3.05) is 26.9 Å². The smallest absolute Gasteiger partial charge is 0.331 e. The van der Waals surface area contributed by atoms with Crippen LogP contribution in [0.5, 0.6) is 0 Å². The zero-order chi connectivity index (χ0) is 28.4. The summed E-state index contributed by atoms with van der Waals surface area (Å²) in [7, 11) is 1.40. The van der Waals surface area contributed by atoms with Gasteiger partial charge in [-0.3, -0.25) is 0 Å². The van der Waals surface area contributed by atoms with Crippen molar-refractivity contribution in [3.05, 3.63) is 11.6 Å². The van der Waals surface area contributed by atoms with E-state index in [0.717, 1.165) is 44.1 Å². The summed E-state index contributed by atoms with van der Waals surface area (Å²) in [6, 6.07) is 0. The standard InChI is InChI=1S/C30H46O10/c1-28-8-6-20-21(30(28,36)10-7-19(28)16-11-23(33)38-14-16)4-3-17-12-18(5-9-29(17,20)15-32)39-27-25(35)26(37-2)24(34)22(13-31)40-27/h11,17-22,24-27,31-32,34-36H,3-10,12-15H2,1-2H3. The molecule has 5 N–H and O–H groups in total. The molecular formula is C30H46O10. The first-order chi connectivity index (χ1) is 19.1. The normalized spacial score (nSPS) is 52.4. The summed E-state index contributed by atoms with van der Waals surface area (Å²) in [6.07, 6.45) is 3.44. The number of hydrogen-bond donors (Lipinski definition) is 5. The zero-order valence-electron chi connectivity index (χ0n) is 23.6. The molecule has 0 spiro atoms. The predicted octanol–water partition coefficient (Wildman–Crippen LogP) is 1.06. The van der Waals surface area contributed by atoms with Crippen molar-refractivity contribution in [1.29, 1.82) is 0 Å². The van der Waals surface area contributed by atoms with Crippen LogP contribution in [0.1, 0.15) is 64.7 Å². The zero-order valence-corrected chi connectivity index (χ0v) is 23.6. The van der Waals surface area contributed by atoms with Crippen LogP contribution in [-0.4, -0.2) is 101 Å². The van der Waals surface area contributed by atoms with Crippen molar-refractivity contribution in [3.8, 4) is 0 Å². The SMILES string of the molecule is COC1C(O)C(CO)OC(OC2CCC3(CO)C(CCC4C3CCC3(C)C(C5=CC(=O)OC5)CCC43O)C2)C1O. The lowest BCUT2D eigenvalue weighted by Gasteiger charge is -2.64. The molecule has 13 unspecified atom stereocenters. The Balaban J connectivity index is 1.18. The Bertz CT molecular complexity index is 1000. The first-order valence-corrected chi connectivity index (χ1v) is 15.1. The van der Waals surface area contributed by atoms with Gasteiger partial charge in [0.2, 0.25) is 0 Å². The molecule has 0 aromatic heterocycles. The van der Waals surface area contributed by atoms with Crippen molar-refractivity contribution in [2.24, 2.45) is 34.5 Å². The van der Waals surface area contributed by atoms with Gasteiger partial charge in [0.1, 0.15) is 31.0 Å². The summed E-state index contributed by atoms with van der Waals surface area (Å²) in [5, 5.41) is 54.1. The molecular weight excluding hydrogens is 520 g/mol. The fourth-order valence-electron chi connectivity index (χ4n) is 10.2. The van der Waals surface area contributed by atoms with Crippen LogP contribution < -0.4 is 0 Å². The summed E-state index contributed by atoms with van der Waals surface area (Å²) in [5.74, 6) is 0.356. The molecule has 6 rings (SSSR count). The highest BCUT2D eigenvalue weighted by molar-refractivity contribution is 5.85. The van der Waals surface area contributed by atoms with Crippen LogP contribution in [-0.2, 0) is 23.7 Å². The molecule has 10 nitrogen and oxygen atoms in total. The minimum Gasteiger partial charge on any atom is -0.458 e. The van der Waals surface area contributed by atoms with E-state index >= 15 is 0 Å². The predicted molar refractivity (Wildman–Crippen MR) is 141 cm³/mol. The third-order valence-electron chi connectivity index (χ3n) is 12.3. The van der Waals surface area contributed by atoms with Gasteiger partial charge >= 0.3 is 5.97 Å². The van der Waals surface area contributed by atoms with Crippen LogP contribution in [0, 0.1) is 34.5 Å². The van der Waals surface area contributed by atoms with Gasteiger partial charge in [-0.25, -0.2) is 4.79 Å². The number of ether oxygens (including phenoxy) is 4. The van der Waals surface area contributed by atoms with Gasteiger partial charge in [-0.1, -0.05) is 6.92 Å². The van der Waals surface area contributed by atoms with Crippen LogP contribution in [0.4, 0.5) is 0 Å². The topological polar surface area (TPSA) is 155 Å². The van der Waals surface area contributed by atoms with E-state index in [2.05, 4.69) is 6.92 Å². The van der Waals surface area contributed by atoms with E-state index in [-0.39, 0.29) is 53.2 Å². The van der Waals surface area contributed by atoms with E-state index in [0.29, 0.717) is 25.9 Å². The molecule has 0 amide bonds. The molecule has 6 aliphatic rings. The first kappa shape index (κ1) is 29.0. The summed E-state index contributed by atoms with van der Waals surface area (Å²) in [6.45, 7) is 2.19. The molecule has 0 aromatic rings. The van der Waals surface area contributed by atoms with Gasteiger partial charge in [0.05, 0.1) is 18.3 Å². The quantitative estimate of drug-likeness (QED) is 0.233. The second-order valence-electron chi connectivity index (χ2n) is 13.6. The molecule has 4 aliphatic carbocycles. The molecule has 1 saturated heterocycles. The number of esters is 1. The van der Waals surface area contributed by atoms with Crippen molar-refractivity contribution in [2.45, 2.75) is 107 Å². The van der Waals surface area contributed by atoms with E-state index in [4.69, 9.17) is 18.9 Å². The first-order valence-electron chi connectivity index (χ1n) is 15.1. The molecule has 0 radical (unpaired) electrons. The Kier molecular flexibility index (Phi) is 7.65. The molecule has 13 atom stereocenters. The molecule has 5 fully saturated rings. The van der Waals surface area contributed by atoms with Crippen LogP contribution in [0.25, 0.3) is 0 Å². The maximum Gasteiger partial charge on any atom is 0.331 e. The average molecular weight is 567 g/mol. The molecule has 2 heterocycles. The number of aliphatic hydroxyl groups is 5. The van der Waals surface area contributed by atoms with Crippen molar-refractivity contribution < 1.29 is 49.3 Å². The molecule has 226 valence electrons. The fourth-order valence-corrected chi connectivity index (χ4v) is 10.2. The summed E-state index contributed by atoms with van der Waals surface area (Å²) in [4.78, 5) is 11.8. The minimum atomic E-state index is -1.20. The molecule has 0 bridgehead atoms. The van der Waals surface area contributed by atoms with E-state index < -0.39 is 42.9 Å². The summed E-state index contributed by atoms with van der Waals surface area (Å²) < 4.78 is 22.5. The third kappa shape index (κ3) is 4.16. The largest absolute Gasteiger partial charge is 0.458 e. The lowest BCUT2D eigenvalue weighted by molar-refractivity contribution is -0.320. The van der Waals surface area contributed by atoms with Gasteiger partial charge in [0.25, 0.3) is 0 Å². The fraction of sp³-hybridized carbons (Fsp3) is 0.900. The van der Waals surface area contributed by atoms with Gasteiger partial charge in [0.15, 0.2) is 6.29 Å². The Morgan fingerprint density at radius 3 is 2.50 bits per heavy atom. The van der Waals surface area contributed by atoms with Gasteiger partial charge in [-0.05, 0) is 92.4 Å². The summed E-state index contributed by atoms with van der Waals surface area (Å²) >= 11 is 0. The second-order valence-corrected chi connectivity index (χ2v) is 13.6. The van der Waals surface area contributed by atoms with Crippen LogP contribution in [0.15, 0.2) is 11.6 Å². The number of methoxy groups -OCH3 is 1. The van der Waals surface area contributed by atoms with E-state index in [9.17, 15) is 30.3 Å². The van der Waals surface area contributed by atoms with Crippen molar-refractivity contribution in [3.63, 3.8) is 0 Å².